The van der Waals surface area contributed by atoms with E-state index < -0.39 is 0 Å². The average Bonchev–Trinajstić information content (AvgIpc) is 2.61. The number of rotatable bonds is 8. The van der Waals surface area contributed by atoms with E-state index in [2.05, 4.69) is 31.4 Å². The minimum absolute atomic E-state index is 0.00562. The van der Waals surface area contributed by atoms with Gasteiger partial charge in [-0.15, -0.1) is 0 Å². The molecule has 0 aliphatic rings. The molecule has 0 heterocycles. The number of hydrogen-bond donors (Lipinski definition) is 2. The number of benzene rings is 2. The summed E-state index contributed by atoms with van der Waals surface area (Å²) in [5.41, 5.74) is 3.26. The molecule has 0 aliphatic heterocycles. The van der Waals surface area contributed by atoms with Crippen molar-refractivity contribution in [2.45, 2.75) is 46.2 Å². The third-order valence-corrected chi connectivity index (χ3v) is 4.28. The summed E-state index contributed by atoms with van der Waals surface area (Å²) in [5.74, 6) is 0.525. The van der Waals surface area contributed by atoms with Crippen molar-refractivity contribution in [1.29, 1.82) is 0 Å². The van der Waals surface area contributed by atoms with Crippen molar-refractivity contribution >= 4 is 11.6 Å². The molecule has 0 unspecified atom stereocenters. The first-order valence-electron chi connectivity index (χ1n) is 8.71. The molecule has 2 rings (SSSR count). The van der Waals surface area contributed by atoms with Crippen molar-refractivity contribution in [3.05, 3.63) is 59.7 Å². The van der Waals surface area contributed by atoms with Gasteiger partial charge in [0.15, 0.2) is 6.61 Å². The van der Waals surface area contributed by atoms with Crippen LogP contribution in [0, 0.1) is 6.92 Å². The van der Waals surface area contributed by atoms with E-state index in [0.29, 0.717) is 5.75 Å². The molecule has 0 bridgehead atoms. The molecular weight excluding hydrogens is 312 g/mol. The van der Waals surface area contributed by atoms with Gasteiger partial charge in [0.1, 0.15) is 5.75 Å². The molecule has 0 aliphatic carbocycles. The smallest absolute Gasteiger partial charge is 0.262 e. The predicted molar refractivity (Wildman–Crippen MR) is 103 cm³/mol. The van der Waals surface area contributed by atoms with Gasteiger partial charge in [0.2, 0.25) is 0 Å². The summed E-state index contributed by atoms with van der Waals surface area (Å²) in [7, 11) is 0. The lowest BCUT2D eigenvalue weighted by atomic mass is 10.0. The molecule has 0 saturated heterocycles. The summed E-state index contributed by atoms with van der Waals surface area (Å²) in [6.07, 6.45) is 1.07. The summed E-state index contributed by atoms with van der Waals surface area (Å²) in [4.78, 5) is 11.9. The van der Waals surface area contributed by atoms with Crippen molar-refractivity contribution in [1.82, 2.24) is 5.32 Å². The molecule has 0 fully saturated rings. The largest absolute Gasteiger partial charge is 0.484 e. The zero-order chi connectivity index (χ0) is 18.3. The Bertz CT molecular complexity index is 676. The molecule has 0 saturated carbocycles. The molecule has 1 amide bonds. The normalized spacial score (nSPS) is 11.2. The zero-order valence-corrected chi connectivity index (χ0v) is 15.6. The van der Waals surface area contributed by atoms with E-state index in [1.165, 1.54) is 5.56 Å². The number of aryl methyl sites for hydroxylation is 1. The van der Waals surface area contributed by atoms with Crippen molar-refractivity contribution in [3.63, 3.8) is 0 Å². The van der Waals surface area contributed by atoms with Crippen LogP contribution in [0.25, 0.3) is 0 Å². The number of carbonyl (C=O) groups excluding carboxylic acids is 1. The van der Waals surface area contributed by atoms with Crippen LogP contribution < -0.4 is 15.4 Å². The van der Waals surface area contributed by atoms with Crippen LogP contribution in [0.15, 0.2) is 48.5 Å². The van der Waals surface area contributed by atoms with E-state index in [1.807, 2.05) is 55.5 Å². The lowest BCUT2D eigenvalue weighted by Gasteiger charge is -2.24. The monoisotopic (exact) mass is 340 g/mol. The standard InChI is InChI=1S/C21H28N2O2/c1-5-21(3,4)22-14-17-8-12-19(13-9-17)25-15-20(24)23-18-10-6-16(2)7-11-18/h6-13,22H,5,14-15H2,1-4H3,(H,23,24). The van der Waals surface area contributed by atoms with Gasteiger partial charge in [-0.1, -0.05) is 36.8 Å². The van der Waals surface area contributed by atoms with Gasteiger partial charge in [0, 0.05) is 17.8 Å². The zero-order valence-electron chi connectivity index (χ0n) is 15.6. The highest BCUT2D eigenvalue weighted by atomic mass is 16.5. The Hall–Kier alpha value is -2.33. The first kappa shape index (κ1) is 19.0. The molecule has 4 nitrogen and oxygen atoms in total. The second-order valence-corrected chi connectivity index (χ2v) is 6.94. The highest BCUT2D eigenvalue weighted by Crippen LogP contribution is 2.14. The van der Waals surface area contributed by atoms with Crippen LogP contribution >= 0.6 is 0 Å². The maximum absolute atomic E-state index is 11.9. The highest BCUT2D eigenvalue weighted by Gasteiger charge is 2.13. The average molecular weight is 340 g/mol. The van der Waals surface area contributed by atoms with Crippen molar-refractivity contribution in [2.24, 2.45) is 0 Å². The minimum Gasteiger partial charge on any atom is -0.484 e. The van der Waals surface area contributed by atoms with Gasteiger partial charge in [-0.25, -0.2) is 0 Å². The van der Waals surface area contributed by atoms with Crippen molar-refractivity contribution in [3.8, 4) is 5.75 Å². The van der Waals surface area contributed by atoms with E-state index in [9.17, 15) is 4.79 Å². The van der Waals surface area contributed by atoms with Gasteiger partial charge in [0.25, 0.3) is 5.91 Å². The molecular formula is C21H28N2O2. The molecule has 0 radical (unpaired) electrons. The Balaban J connectivity index is 1.79. The van der Waals surface area contributed by atoms with Gasteiger partial charge >= 0.3 is 0 Å². The summed E-state index contributed by atoms with van der Waals surface area (Å²) in [5, 5.41) is 6.34. The number of ether oxygens (including phenoxy) is 1. The van der Waals surface area contributed by atoms with Gasteiger partial charge in [0.05, 0.1) is 0 Å². The first-order valence-corrected chi connectivity index (χ1v) is 8.71. The van der Waals surface area contributed by atoms with Crippen LogP contribution in [-0.4, -0.2) is 18.1 Å². The second-order valence-electron chi connectivity index (χ2n) is 6.94. The maximum atomic E-state index is 11.9. The number of carbonyl (C=O) groups is 1. The molecule has 2 N–H and O–H groups in total. The summed E-state index contributed by atoms with van der Waals surface area (Å²) >= 11 is 0. The Morgan fingerprint density at radius 1 is 1.04 bits per heavy atom. The number of anilines is 1. The van der Waals surface area contributed by atoms with Crippen LogP contribution in [0.4, 0.5) is 5.69 Å². The van der Waals surface area contributed by atoms with Crippen LogP contribution in [0.3, 0.4) is 0 Å². The van der Waals surface area contributed by atoms with Gasteiger partial charge in [-0.2, -0.15) is 0 Å². The third-order valence-electron chi connectivity index (χ3n) is 4.28. The maximum Gasteiger partial charge on any atom is 0.262 e. The summed E-state index contributed by atoms with van der Waals surface area (Å²) < 4.78 is 5.55. The Morgan fingerprint density at radius 2 is 1.68 bits per heavy atom. The Morgan fingerprint density at radius 3 is 2.28 bits per heavy atom. The van der Waals surface area contributed by atoms with Crippen LogP contribution in [0.5, 0.6) is 5.75 Å². The van der Waals surface area contributed by atoms with Crippen molar-refractivity contribution in [2.75, 3.05) is 11.9 Å². The SMILES string of the molecule is CCC(C)(C)NCc1ccc(OCC(=O)Nc2ccc(C)cc2)cc1. The summed E-state index contributed by atoms with van der Waals surface area (Å²) in [6.45, 7) is 9.38. The molecule has 134 valence electrons. The molecule has 25 heavy (non-hydrogen) atoms. The van der Waals surface area contributed by atoms with E-state index in [-0.39, 0.29) is 18.1 Å². The fourth-order valence-electron chi connectivity index (χ4n) is 2.15. The van der Waals surface area contributed by atoms with Crippen LogP contribution in [0.2, 0.25) is 0 Å². The van der Waals surface area contributed by atoms with E-state index in [0.717, 1.165) is 24.2 Å². The molecule has 2 aromatic rings. The molecule has 0 spiro atoms. The molecule has 0 aromatic heterocycles. The fourth-order valence-corrected chi connectivity index (χ4v) is 2.15. The second kappa shape index (κ2) is 8.67. The van der Waals surface area contributed by atoms with E-state index in [1.54, 1.807) is 0 Å². The highest BCUT2D eigenvalue weighted by molar-refractivity contribution is 5.91. The van der Waals surface area contributed by atoms with Gasteiger partial charge < -0.3 is 15.4 Å². The third kappa shape index (κ3) is 6.59. The van der Waals surface area contributed by atoms with Crippen molar-refractivity contribution < 1.29 is 9.53 Å². The lowest BCUT2D eigenvalue weighted by Crippen LogP contribution is -2.37. The summed E-state index contributed by atoms with van der Waals surface area (Å²) in [6, 6.07) is 15.5. The molecule has 4 heteroatoms. The minimum atomic E-state index is -0.167. The molecule has 0 atom stereocenters. The van der Waals surface area contributed by atoms with E-state index >= 15 is 0 Å². The molecule has 2 aromatic carbocycles. The Kier molecular flexibility index (Phi) is 6.59. The van der Waals surface area contributed by atoms with Crippen LogP contribution in [0.1, 0.15) is 38.3 Å². The Labute approximate surface area is 150 Å². The lowest BCUT2D eigenvalue weighted by molar-refractivity contribution is -0.118. The number of amides is 1. The topological polar surface area (TPSA) is 50.4 Å². The van der Waals surface area contributed by atoms with Gasteiger partial charge in [-0.05, 0) is 57.0 Å². The quantitative estimate of drug-likeness (QED) is 0.754. The fraction of sp³-hybridized carbons (Fsp3) is 0.381. The number of hydrogen-bond acceptors (Lipinski definition) is 3. The number of nitrogens with one attached hydrogen (secondary N) is 2. The van der Waals surface area contributed by atoms with Crippen LogP contribution in [-0.2, 0) is 11.3 Å². The van der Waals surface area contributed by atoms with Gasteiger partial charge in [-0.3, -0.25) is 4.79 Å². The first-order chi connectivity index (χ1) is 11.9. The van der Waals surface area contributed by atoms with E-state index in [4.69, 9.17) is 4.74 Å². The predicted octanol–water partition coefficient (Wildman–Crippen LogP) is 4.29.